The number of rotatable bonds is 5. The predicted molar refractivity (Wildman–Crippen MR) is 72.4 cm³/mol. The Bertz CT molecular complexity index is 314. The van der Waals surface area contributed by atoms with Gasteiger partial charge in [0.05, 0.1) is 0 Å². The summed E-state index contributed by atoms with van der Waals surface area (Å²) in [6.07, 6.45) is 2.42. The van der Waals surface area contributed by atoms with Crippen molar-refractivity contribution in [2.45, 2.75) is 39.2 Å². The van der Waals surface area contributed by atoms with Crippen molar-refractivity contribution in [3.05, 3.63) is 0 Å². The number of amides is 3. The van der Waals surface area contributed by atoms with Gasteiger partial charge < -0.3 is 21.1 Å². The zero-order chi connectivity index (χ0) is 14.4. The molecule has 0 aromatic carbocycles. The third kappa shape index (κ3) is 4.38. The molecular weight excluding hydrogens is 246 g/mol. The van der Waals surface area contributed by atoms with Gasteiger partial charge in [-0.25, -0.2) is 4.79 Å². The van der Waals surface area contributed by atoms with Crippen molar-refractivity contribution in [2.24, 2.45) is 17.6 Å². The molecule has 4 N–H and O–H groups in total. The van der Waals surface area contributed by atoms with Crippen molar-refractivity contribution >= 4 is 11.9 Å². The van der Waals surface area contributed by atoms with Gasteiger partial charge in [0.15, 0.2) is 0 Å². The number of urea groups is 1. The third-order valence-electron chi connectivity index (χ3n) is 3.96. The lowest BCUT2D eigenvalue weighted by Gasteiger charge is -2.35. The number of carbonyl (C=O) groups excluding carboxylic acids is 2. The molecule has 1 aliphatic rings. The lowest BCUT2D eigenvalue weighted by molar-refractivity contribution is -0.136. The summed E-state index contributed by atoms with van der Waals surface area (Å²) in [5.41, 5.74) is 5.14. The predicted octanol–water partition coefficient (Wildman–Crippen LogP) is 0.300. The zero-order valence-electron chi connectivity index (χ0n) is 11.8. The van der Waals surface area contributed by atoms with E-state index < -0.39 is 12.1 Å². The first kappa shape index (κ1) is 15.8. The van der Waals surface area contributed by atoms with Crippen LogP contribution in [0.3, 0.4) is 0 Å². The maximum absolute atomic E-state index is 12.4. The fourth-order valence-corrected chi connectivity index (χ4v) is 2.37. The minimum Gasteiger partial charge on any atom is -0.396 e. The van der Waals surface area contributed by atoms with Crippen LogP contribution < -0.4 is 11.1 Å². The Kier molecular flexibility index (Phi) is 6.08. The van der Waals surface area contributed by atoms with E-state index in [0.717, 1.165) is 19.3 Å². The summed E-state index contributed by atoms with van der Waals surface area (Å²) in [4.78, 5) is 25.2. The van der Waals surface area contributed by atoms with Crippen LogP contribution in [-0.2, 0) is 4.79 Å². The van der Waals surface area contributed by atoms with Gasteiger partial charge in [-0.1, -0.05) is 20.3 Å². The minimum atomic E-state index is -0.663. The molecule has 19 heavy (non-hydrogen) atoms. The lowest BCUT2D eigenvalue weighted by atomic mass is 9.94. The third-order valence-corrected chi connectivity index (χ3v) is 3.96. The SMILES string of the molecule is CCC(C)C(NC(N)=O)C(=O)N1CCC(CO)CC1. The molecule has 0 radical (unpaired) electrons. The smallest absolute Gasteiger partial charge is 0.312 e. The van der Waals surface area contributed by atoms with E-state index >= 15 is 0 Å². The van der Waals surface area contributed by atoms with Crippen LogP contribution in [0.1, 0.15) is 33.1 Å². The molecule has 1 heterocycles. The van der Waals surface area contributed by atoms with Crippen molar-refractivity contribution < 1.29 is 14.7 Å². The van der Waals surface area contributed by atoms with Crippen LogP contribution >= 0.6 is 0 Å². The molecule has 0 saturated carbocycles. The van der Waals surface area contributed by atoms with Crippen molar-refractivity contribution in [1.82, 2.24) is 10.2 Å². The lowest BCUT2D eigenvalue weighted by Crippen LogP contribution is -2.54. The Balaban J connectivity index is 2.63. The van der Waals surface area contributed by atoms with Gasteiger partial charge in [-0.2, -0.15) is 0 Å². The molecule has 110 valence electrons. The highest BCUT2D eigenvalue weighted by Gasteiger charge is 2.31. The maximum Gasteiger partial charge on any atom is 0.312 e. The monoisotopic (exact) mass is 271 g/mol. The molecule has 1 fully saturated rings. The molecule has 1 saturated heterocycles. The summed E-state index contributed by atoms with van der Waals surface area (Å²) in [6.45, 7) is 5.36. The number of piperidine rings is 1. The van der Waals surface area contributed by atoms with E-state index in [2.05, 4.69) is 5.32 Å². The Hall–Kier alpha value is -1.30. The molecule has 0 aromatic heterocycles. The Morgan fingerprint density at radius 1 is 1.42 bits per heavy atom. The van der Waals surface area contributed by atoms with E-state index in [1.807, 2.05) is 13.8 Å². The van der Waals surface area contributed by atoms with Crippen LogP contribution in [0.15, 0.2) is 0 Å². The number of nitrogens with two attached hydrogens (primary N) is 1. The van der Waals surface area contributed by atoms with Gasteiger partial charge in [0, 0.05) is 19.7 Å². The second-order valence-corrected chi connectivity index (χ2v) is 5.32. The number of aliphatic hydroxyl groups excluding tert-OH is 1. The van der Waals surface area contributed by atoms with Crippen molar-refractivity contribution in [3.8, 4) is 0 Å². The van der Waals surface area contributed by atoms with E-state index in [4.69, 9.17) is 10.8 Å². The van der Waals surface area contributed by atoms with Crippen LogP contribution in [0.4, 0.5) is 4.79 Å². The van der Waals surface area contributed by atoms with Gasteiger partial charge in [0.1, 0.15) is 6.04 Å². The highest BCUT2D eigenvalue weighted by molar-refractivity contribution is 5.86. The highest BCUT2D eigenvalue weighted by Crippen LogP contribution is 2.19. The number of aliphatic hydroxyl groups is 1. The van der Waals surface area contributed by atoms with Gasteiger partial charge in [-0.15, -0.1) is 0 Å². The molecule has 1 aliphatic heterocycles. The number of hydrogen-bond donors (Lipinski definition) is 3. The number of likely N-dealkylation sites (tertiary alicyclic amines) is 1. The molecule has 6 heteroatoms. The second-order valence-electron chi connectivity index (χ2n) is 5.32. The van der Waals surface area contributed by atoms with Crippen LogP contribution in [0.5, 0.6) is 0 Å². The largest absolute Gasteiger partial charge is 0.396 e. The molecule has 0 spiro atoms. The number of nitrogens with one attached hydrogen (secondary N) is 1. The fourth-order valence-electron chi connectivity index (χ4n) is 2.37. The number of carbonyl (C=O) groups is 2. The highest BCUT2D eigenvalue weighted by atomic mass is 16.3. The Morgan fingerprint density at radius 3 is 2.42 bits per heavy atom. The summed E-state index contributed by atoms with van der Waals surface area (Å²) in [7, 11) is 0. The second kappa shape index (κ2) is 7.33. The van der Waals surface area contributed by atoms with Gasteiger partial charge in [-0.05, 0) is 24.7 Å². The van der Waals surface area contributed by atoms with Gasteiger partial charge in [0.25, 0.3) is 0 Å². The Morgan fingerprint density at radius 2 is 2.00 bits per heavy atom. The summed E-state index contributed by atoms with van der Waals surface area (Å²) >= 11 is 0. The molecular formula is C13H25N3O3. The summed E-state index contributed by atoms with van der Waals surface area (Å²) in [5.74, 6) is 0.273. The van der Waals surface area contributed by atoms with Gasteiger partial charge in [0.2, 0.25) is 5.91 Å². The van der Waals surface area contributed by atoms with Crippen LogP contribution in [0.2, 0.25) is 0 Å². The molecule has 2 atom stereocenters. The van der Waals surface area contributed by atoms with Crippen LogP contribution in [0.25, 0.3) is 0 Å². The fraction of sp³-hybridized carbons (Fsp3) is 0.846. The first-order valence-corrected chi connectivity index (χ1v) is 6.95. The molecule has 3 amide bonds. The van der Waals surface area contributed by atoms with E-state index in [1.165, 1.54) is 0 Å². The van der Waals surface area contributed by atoms with Crippen LogP contribution in [-0.4, -0.2) is 47.7 Å². The van der Waals surface area contributed by atoms with E-state index in [9.17, 15) is 9.59 Å². The van der Waals surface area contributed by atoms with E-state index in [1.54, 1.807) is 4.90 Å². The topological polar surface area (TPSA) is 95.7 Å². The van der Waals surface area contributed by atoms with Gasteiger partial charge in [-0.3, -0.25) is 4.79 Å². The first-order valence-electron chi connectivity index (χ1n) is 6.95. The van der Waals surface area contributed by atoms with Crippen molar-refractivity contribution in [2.75, 3.05) is 19.7 Å². The van der Waals surface area contributed by atoms with Gasteiger partial charge >= 0.3 is 6.03 Å². The number of primary amides is 1. The molecule has 6 nitrogen and oxygen atoms in total. The number of hydrogen-bond acceptors (Lipinski definition) is 3. The standard InChI is InChI=1S/C13H25N3O3/c1-3-9(2)11(15-13(14)19)12(18)16-6-4-10(8-17)5-7-16/h9-11,17H,3-8H2,1-2H3,(H3,14,15,19). The average molecular weight is 271 g/mol. The van der Waals surface area contributed by atoms with Crippen molar-refractivity contribution in [3.63, 3.8) is 0 Å². The van der Waals surface area contributed by atoms with E-state index in [0.29, 0.717) is 13.1 Å². The molecule has 1 rings (SSSR count). The summed E-state index contributed by atoms with van der Waals surface area (Å²) in [5, 5.41) is 11.6. The summed E-state index contributed by atoms with van der Waals surface area (Å²) in [6, 6.07) is -1.21. The maximum atomic E-state index is 12.4. The zero-order valence-corrected chi connectivity index (χ0v) is 11.8. The molecule has 0 bridgehead atoms. The molecule has 0 aliphatic carbocycles. The normalized spacial score (nSPS) is 19.8. The summed E-state index contributed by atoms with van der Waals surface area (Å²) < 4.78 is 0. The van der Waals surface area contributed by atoms with E-state index in [-0.39, 0.29) is 24.3 Å². The Labute approximate surface area is 114 Å². The average Bonchev–Trinajstić information content (AvgIpc) is 2.43. The molecule has 2 unspecified atom stereocenters. The minimum absolute atomic E-state index is 0.0514. The number of nitrogens with zero attached hydrogens (tertiary/aromatic N) is 1. The van der Waals surface area contributed by atoms with Crippen LogP contribution in [0, 0.1) is 11.8 Å². The molecule has 0 aromatic rings. The van der Waals surface area contributed by atoms with Crippen molar-refractivity contribution in [1.29, 1.82) is 0 Å². The quantitative estimate of drug-likeness (QED) is 0.671. The first-order chi connectivity index (χ1) is 8.99.